The lowest BCUT2D eigenvalue weighted by Crippen LogP contribution is -2.52. The van der Waals surface area contributed by atoms with Gasteiger partial charge in [-0.3, -0.25) is 10.2 Å². The minimum Gasteiger partial charge on any atom is -0.289 e. The van der Waals surface area contributed by atoms with Crippen LogP contribution in [0.1, 0.15) is 0 Å². The van der Waals surface area contributed by atoms with E-state index in [1.165, 1.54) is 0 Å². The summed E-state index contributed by atoms with van der Waals surface area (Å²) in [6.07, 6.45) is -5.91. The van der Waals surface area contributed by atoms with Crippen LogP contribution in [0.5, 0.6) is 0 Å². The molecule has 0 aliphatic rings. The molecule has 0 radical (unpaired) electrons. The van der Waals surface area contributed by atoms with Crippen LogP contribution in [0, 0.1) is 0 Å². The first-order chi connectivity index (χ1) is 4.73. The van der Waals surface area contributed by atoms with Gasteiger partial charge in [-0.15, -0.1) is 0 Å². The van der Waals surface area contributed by atoms with E-state index in [2.05, 4.69) is 5.84 Å². The summed E-state index contributed by atoms with van der Waals surface area (Å²) in [5.74, 6) is -3.93. The highest BCUT2D eigenvalue weighted by Crippen LogP contribution is 2.35. The number of nitrogens with two attached hydrogens (primary N) is 1. The molecule has 8 heteroatoms. The predicted molar refractivity (Wildman–Crippen MR) is 23.3 cm³/mol. The average Bonchev–Trinajstić information content (AvgIpc) is 1.83. The fraction of sp³-hybridized carbons (Fsp3) is 0.667. The van der Waals surface area contributed by atoms with Gasteiger partial charge >= 0.3 is 18.0 Å². The molecule has 0 aromatic heterocycles. The van der Waals surface area contributed by atoms with E-state index in [-0.39, 0.29) is 0 Å². The molecule has 0 aliphatic heterocycles. The van der Waals surface area contributed by atoms with E-state index in [9.17, 15) is 26.7 Å². The maximum absolute atomic E-state index is 11.7. The number of halogens is 5. The lowest BCUT2D eigenvalue weighted by Gasteiger charge is -2.16. The zero-order valence-corrected chi connectivity index (χ0v) is 4.88. The van der Waals surface area contributed by atoms with Crippen molar-refractivity contribution in [1.29, 1.82) is 0 Å². The quantitative estimate of drug-likeness (QED) is 0.260. The molecule has 0 rings (SSSR count). The van der Waals surface area contributed by atoms with Crippen LogP contribution in [0.25, 0.3) is 0 Å². The second kappa shape index (κ2) is 2.61. The van der Waals surface area contributed by atoms with Crippen molar-refractivity contribution in [2.45, 2.75) is 12.1 Å². The largest absolute Gasteiger partial charge is 0.463 e. The summed E-state index contributed by atoms with van der Waals surface area (Å²) in [5, 5.41) is 0. The van der Waals surface area contributed by atoms with Crippen LogP contribution in [-0.4, -0.2) is 18.0 Å². The standard InChI is InChI=1S/C3H3F5N2O/c4-2(5,1(11)10-9)3(6,7)8/h9H2,(H,10,11). The van der Waals surface area contributed by atoms with Gasteiger partial charge < -0.3 is 0 Å². The molecule has 0 bridgehead atoms. The first-order valence-electron chi connectivity index (χ1n) is 2.19. The summed E-state index contributed by atoms with van der Waals surface area (Å²) in [4.78, 5) is 9.77. The normalized spacial score (nSPS) is 12.9. The topological polar surface area (TPSA) is 55.1 Å². The van der Waals surface area contributed by atoms with Crippen molar-refractivity contribution in [2.24, 2.45) is 5.84 Å². The molecule has 0 heterocycles. The third-order valence-electron chi connectivity index (χ3n) is 0.772. The summed E-state index contributed by atoms with van der Waals surface area (Å²) in [7, 11) is 0. The second-order valence-electron chi connectivity index (χ2n) is 1.55. The zero-order valence-electron chi connectivity index (χ0n) is 4.88. The van der Waals surface area contributed by atoms with Gasteiger partial charge in [-0.05, 0) is 0 Å². The van der Waals surface area contributed by atoms with Gasteiger partial charge in [-0.2, -0.15) is 22.0 Å². The minimum atomic E-state index is -5.91. The number of nitrogens with one attached hydrogen (secondary N) is 1. The summed E-state index contributed by atoms with van der Waals surface area (Å²) in [6, 6.07) is 0. The molecule has 0 fully saturated rings. The van der Waals surface area contributed by atoms with Gasteiger partial charge in [0, 0.05) is 0 Å². The molecule has 1 amide bonds. The zero-order chi connectivity index (χ0) is 9.28. The summed E-state index contributed by atoms with van der Waals surface area (Å²) >= 11 is 0. The molecule has 3 nitrogen and oxygen atoms in total. The van der Waals surface area contributed by atoms with Crippen LogP contribution in [0.15, 0.2) is 0 Å². The number of alkyl halides is 5. The monoisotopic (exact) mass is 178 g/mol. The summed E-state index contributed by atoms with van der Waals surface area (Å²) in [5.41, 5.74) is 0.703. The van der Waals surface area contributed by atoms with Crippen LogP contribution in [0.3, 0.4) is 0 Å². The molecule has 3 N–H and O–H groups in total. The Morgan fingerprint density at radius 2 is 1.55 bits per heavy atom. The highest BCUT2D eigenvalue weighted by atomic mass is 19.4. The van der Waals surface area contributed by atoms with Gasteiger partial charge in [-0.25, -0.2) is 5.84 Å². The Morgan fingerprint density at radius 3 is 1.64 bits per heavy atom. The lowest BCUT2D eigenvalue weighted by molar-refractivity contribution is -0.269. The van der Waals surface area contributed by atoms with Crippen LogP contribution in [0.4, 0.5) is 22.0 Å². The molecule has 0 aromatic rings. The van der Waals surface area contributed by atoms with Crippen molar-refractivity contribution in [3.63, 3.8) is 0 Å². The van der Waals surface area contributed by atoms with Crippen molar-refractivity contribution < 1.29 is 26.7 Å². The highest BCUT2D eigenvalue weighted by Gasteiger charge is 2.63. The Hall–Kier alpha value is -0.920. The van der Waals surface area contributed by atoms with Gasteiger partial charge in [0.2, 0.25) is 0 Å². The molecule has 0 saturated heterocycles. The van der Waals surface area contributed by atoms with Crippen molar-refractivity contribution in [3.8, 4) is 0 Å². The van der Waals surface area contributed by atoms with E-state index in [1.807, 2.05) is 0 Å². The number of carbonyl (C=O) groups is 1. The predicted octanol–water partition coefficient (Wildman–Crippen LogP) is 0.174. The Morgan fingerprint density at radius 1 is 1.18 bits per heavy atom. The third-order valence-corrected chi connectivity index (χ3v) is 0.772. The van der Waals surface area contributed by atoms with Crippen LogP contribution in [0.2, 0.25) is 0 Å². The number of amides is 1. The fourth-order valence-corrected chi connectivity index (χ4v) is 0.219. The van der Waals surface area contributed by atoms with Crippen molar-refractivity contribution in [1.82, 2.24) is 5.43 Å². The van der Waals surface area contributed by atoms with E-state index >= 15 is 0 Å². The van der Waals surface area contributed by atoms with Crippen LogP contribution in [-0.2, 0) is 4.79 Å². The van der Waals surface area contributed by atoms with Crippen LogP contribution < -0.4 is 11.3 Å². The smallest absolute Gasteiger partial charge is 0.289 e. The summed E-state index contributed by atoms with van der Waals surface area (Å²) in [6.45, 7) is 0. The molecule has 0 saturated carbocycles. The molecular formula is C3H3F5N2O. The molecule has 0 aromatic carbocycles. The van der Waals surface area contributed by atoms with E-state index in [1.54, 1.807) is 0 Å². The van der Waals surface area contributed by atoms with E-state index in [0.29, 0.717) is 5.43 Å². The first-order valence-corrected chi connectivity index (χ1v) is 2.19. The number of rotatable bonds is 1. The van der Waals surface area contributed by atoms with Crippen molar-refractivity contribution >= 4 is 5.91 Å². The van der Waals surface area contributed by atoms with Gasteiger partial charge in [0.15, 0.2) is 0 Å². The second-order valence-corrected chi connectivity index (χ2v) is 1.55. The lowest BCUT2D eigenvalue weighted by atomic mass is 10.3. The third kappa shape index (κ3) is 1.76. The van der Waals surface area contributed by atoms with Gasteiger partial charge in [0.05, 0.1) is 0 Å². The highest BCUT2D eigenvalue weighted by molar-refractivity contribution is 5.83. The SMILES string of the molecule is NNC(=O)C(F)(F)C(F)(F)F. The fourth-order valence-electron chi connectivity index (χ4n) is 0.219. The van der Waals surface area contributed by atoms with E-state index < -0.39 is 18.0 Å². The van der Waals surface area contributed by atoms with E-state index in [0.717, 1.165) is 0 Å². The number of hydrogen-bond acceptors (Lipinski definition) is 2. The number of hydrazine groups is 1. The summed E-state index contributed by atoms with van der Waals surface area (Å²) < 4.78 is 57.0. The molecule has 11 heavy (non-hydrogen) atoms. The number of carbonyl (C=O) groups excluding carboxylic acids is 1. The molecule has 0 atom stereocenters. The van der Waals surface area contributed by atoms with E-state index in [4.69, 9.17) is 0 Å². The molecule has 0 aliphatic carbocycles. The maximum Gasteiger partial charge on any atom is 0.463 e. The number of hydrogen-bond donors (Lipinski definition) is 2. The van der Waals surface area contributed by atoms with Crippen molar-refractivity contribution in [2.75, 3.05) is 0 Å². The Bertz CT molecular complexity index is 164. The first kappa shape index (κ1) is 10.1. The maximum atomic E-state index is 11.7. The molecule has 66 valence electrons. The Labute approximate surface area is 57.3 Å². The van der Waals surface area contributed by atoms with Crippen LogP contribution >= 0.6 is 0 Å². The minimum absolute atomic E-state index is 0.703. The van der Waals surface area contributed by atoms with Gasteiger partial charge in [-0.1, -0.05) is 0 Å². The Kier molecular flexibility index (Phi) is 2.39. The molecular weight excluding hydrogens is 175 g/mol. The average molecular weight is 178 g/mol. The Balaban J connectivity index is 4.59. The molecule has 0 spiro atoms. The molecule has 0 unspecified atom stereocenters. The van der Waals surface area contributed by atoms with Crippen molar-refractivity contribution in [3.05, 3.63) is 0 Å². The van der Waals surface area contributed by atoms with Gasteiger partial charge in [0.25, 0.3) is 0 Å². The van der Waals surface area contributed by atoms with Gasteiger partial charge in [0.1, 0.15) is 0 Å².